The maximum atomic E-state index is 13.7. The number of halogens is 8. The van der Waals surface area contributed by atoms with Crippen LogP contribution in [0.15, 0.2) is 0 Å². The molecule has 0 amide bonds. The molecule has 0 saturated heterocycles. The van der Waals surface area contributed by atoms with Gasteiger partial charge in [0.1, 0.15) is 0 Å². The summed E-state index contributed by atoms with van der Waals surface area (Å²) in [4.78, 5) is 0. The number of alkyl halides is 8. The Kier molecular flexibility index (Phi) is 10.4. The van der Waals surface area contributed by atoms with Crippen LogP contribution in [0.3, 0.4) is 0 Å². The fourth-order valence-electron chi connectivity index (χ4n) is 2.46. The topological polar surface area (TPSA) is 12.0 Å². The molecule has 0 bridgehead atoms. The van der Waals surface area contributed by atoms with Crippen LogP contribution in [-0.2, 0) is 0 Å². The first-order chi connectivity index (χ1) is 11.9. The van der Waals surface area contributed by atoms with E-state index in [-0.39, 0.29) is 13.0 Å². The third-order valence-corrected chi connectivity index (χ3v) is 4.18. The van der Waals surface area contributed by atoms with E-state index < -0.39 is 49.4 Å². The second-order valence-corrected chi connectivity index (χ2v) is 6.58. The average molecular weight is 399 g/mol. The van der Waals surface area contributed by atoms with E-state index >= 15 is 0 Å². The van der Waals surface area contributed by atoms with Gasteiger partial charge in [-0.3, -0.25) is 0 Å². The molecule has 0 atom stereocenters. The van der Waals surface area contributed by atoms with Gasteiger partial charge in [-0.05, 0) is 32.4 Å². The van der Waals surface area contributed by atoms with E-state index in [1.807, 2.05) is 6.92 Å². The highest BCUT2D eigenvalue weighted by atomic mass is 19.4. The lowest BCUT2D eigenvalue weighted by atomic mass is 9.92. The van der Waals surface area contributed by atoms with Crippen molar-refractivity contribution in [2.75, 3.05) is 13.1 Å². The lowest BCUT2D eigenvalue weighted by Crippen LogP contribution is -2.62. The van der Waals surface area contributed by atoms with Crippen LogP contribution in [0.5, 0.6) is 0 Å². The fraction of sp³-hybridized carbons (Fsp3) is 1.00. The Bertz CT molecular complexity index is 349. The maximum Gasteiger partial charge on any atom is 0.378 e. The van der Waals surface area contributed by atoms with Crippen LogP contribution in [0, 0.1) is 0 Å². The Morgan fingerprint density at radius 2 is 1.00 bits per heavy atom. The van der Waals surface area contributed by atoms with Crippen LogP contribution in [-0.4, -0.2) is 36.8 Å². The molecule has 158 valence electrons. The van der Waals surface area contributed by atoms with Gasteiger partial charge in [0, 0.05) is 12.8 Å². The summed E-state index contributed by atoms with van der Waals surface area (Å²) in [6.07, 6.45) is -1.29. The van der Waals surface area contributed by atoms with Gasteiger partial charge in [0.25, 0.3) is 0 Å². The largest absolute Gasteiger partial charge is 0.378 e. The molecule has 0 radical (unpaired) electrons. The van der Waals surface area contributed by atoms with Gasteiger partial charge in [0.2, 0.25) is 0 Å². The number of hydrogen-bond donors (Lipinski definition) is 1. The predicted molar refractivity (Wildman–Crippen MR) is 85.6 cm³/mol. The summed E-state index contributed by atoms with van der Waals surface area (Å²) in [6.45, 7) is 4.01. The number of hydrogen-bond acceptors (Lipinski definition) is 1. The van der Waals surface area contributed by atoms with Gasteiger partial charge in [-0.15, -0.1) is 0 Å². The quantitative estimate of drug-likeness (QED) is 0.240. The molecule has 0 rings (SSSR count). The molecule has 0 spiro atoms. The average Bonchev–Trinajstić information content (AvgIpc) is 2.53. The molecular weight excluding hydrogens is 370 g/mol. The first-order valence-corrected chi connectivity index (χ1v) is 9.09. The van der Waals surface area contributed by atoms with Crippen molar-refractivity contribution in [1.29, 1.82) is 0 Å². The van der Waals surface area contributed by atoms with Crippen molar-refractivity contribution >= 4 is 0 Å². The van der Waals surface area contributed by atoms with Crippen molar-refractivity contribution in [3.63, 3.8) is 0 Å². The Hall–Kier alpha value is -0.600. The molecule has 0 aliphatic heterocycles. The van der Waals surface area contributed by atoms with E-state index in [1.165, 1.54) is 0 Å². The number of nitrogens with one attached hydrogen (secondary N) is 1. The molecule has 0 aliphatic rings. The minimum Gasteiger partial charge on any atom is -0.317 e. The van der Waals surface area contributed by atoms with Crippen molar-refractivity contribution < 1.29 is 35.1 Å². The molecule has 0 unspecified atom stereocenters. The van der Waals surface area contributed by atoms with E-state index in [1.54, 1.807) is 6.92 Å². The molecule has 0 fully saturated rings. The van der Waals surface area contributed by atoms with Crippen molar-refractivity contribution in [3.05, 3.63) is 0 Å². The summed E-state index contributed by atoms with van der Waals surface area (Å²) >= 11 is 0. The number of unbranched alkanes of at least 4 members (excludes halogenated alkanes) is 4. The van der Waals surface area contributed by atoms with Gasteiger partial charge in [-0.25, -0.2) is 0 Å². The molecule has 0 saturated carbocycles. The van der Waals surface area contributed by atoms with E-state index in [2.05, 4.69) is 5.32 Å². The molecule has 1 nitrogen and oxygen atoms in total. The van der Waals surface area contributed by atoms with Crippen molar-refractivity contribution in [1.82, 2.24) is 5.32 Å². The van der Waals surface area contributed by atoms with Crippen molar-refractivity contribution in [3.8, 4) is 0 Å². The zero-order valence-corrected chi connectivity index (χ0v) is 15.3. The summed E-state index contributed by atoms with van der Waals surface area (Å²) in [5.74, 6) is -22.7. The minimum atomic E-state index is -6.13. The van der Waals surface area contributed by atoms with Crippen molar-refractivity contribution in [2.45, 2.75) is 95.3 Å². The SMILES string of the molecule is CCCCCCCC(F)(F)C(F)(F)C(F)(F)C(F)(F)CCCNCCC. The first kappa shape index (κ1) is 25.4. The highest BCUT2D eigenvalue weighted by molar-refractivity contribution is 5.03. The van der Waals surface area contributed by atoms with E-state index in [0.717, 1.165) is 6.42 Å². The van der Waals surface area contributed by atoms with Crippen LogP contribution in [0.4, 0.5) is 35.1 Å². The fourth-order valence-corrected chi connectivity index (χ4v) is 2.46. The predicted octanol–water partition coefficient (Wildman–Crippen LogP) is 6.67. The summed E-state index contributed by atoms with van der Waals surface area (Å²) in [7, 11) is 0. The first-order valence-electron chi connectivity index (χ1n) is 9.09. The maximum absolute atomic E-state index is 13.7. The van der Waals surface area contributed by atoms with E-state index in [0.29, 0.717) is 25.8 Å². The summed E-state index contributed by atoms with van der Waals surface area (Å²) < 4.78 is 109. The Morgan fingerprint density at radius 3 is 1.46 bits per heavy atom. The zero-order valence-electron chi connectivity index (χ0n) is 15.3. The van der Waals surface area contributed by atoms with Gasteiger partial charge in [-0.2, -0.15) is 35.1 Å². The van der Waals surface area contributed by atoms with Crippen LogP contribution in [0.25, 0.3) is 0 Å². The molecule has 0 heterocycles. The second-order valence-electron chi connectivity index (χ2n) is 6.58. The second kappa shape index (κ2) is 10.7. The lowest BCUT2D eigenvalue weighted by Gasteiger charge is -2.37. The molecular formula is C17H29F8N. The third kappa shape index (κ3) is 6.53. The molecule has 26 heavy (non-hydrogen) atoms. The molecule has 0 aromatic rings. The Balaban J connectivity index is 4.89. The van der Waals surface area contributed by atoms with Gasteiger partial charge < -0.3 is 5.32 Å². The van der Waals surface area contributed by atoms with E-state index in [9.17, 15) is 35.1 Å². The Labute approximate surface area is 149 Å². The monoisotopic (exact) mass is 399 g/mol. The van der Waals surface area contributed by atoms with Gasteiger partial charge in [0.05, 0.1) is 0 Å². The highest BCUT2D eigenvalue weighted by Gasteiger charge is 2.79. The van der Waals surface area contributed by atoms with E-state index in [4.69, 9.17) is 0 Å². The Morgan fingerprint density at radius 1 is 0.538 bits per heavy atom. The highest BCUT2D eigenvalue weighted by Crippen LogP contribution is 2.55. The zero-order chi connectivity index (χ0) is 20.5. The standard InChI is InChI=1S/C17H29F8N/c1-3-5-6-7-8-10-14(18,19)16(22,23)17(24,25)15(20,21)11-9-13-26-12-4-2/h26H,3-13H2,1-2H3. The lowest BCUT2D eigenvalue weighted by molar-refractivity contribution is -0.368. The van der Waals surface area contributed by atoms with Crippen LogP contribution in [0.1, 0.15) is 71.6 Å². The van der Waals surface area contributed by atoms with Crippen molar-refractivity contribution in [2.24, 2.45) is 0 Å². The minimum absolute atomic E-state index is 0.0844. The summed E-state index contributed by atoms with van der Waals surface area (Å²) in [5.41, 5.74) is 0. The molecule has 0 aromatic heterocycles. The van der Waals surface area contributed by atoms with Gasteiger partial charge in [-0.1, -0.05) is 39.5 Å². The smallest absolute Gasteiger partial charge is 0.317 e. The summed E-state index contributed by atoms with van der Waals surface area (Å²) in [5, 5.41) is 2.66. The van der Waals surface area contributed by atoms with Gasteiger partial charge in [0.15, 0.2) is 0 Å². The van der Waals surface area contributed by atoms with Crippen LogP contribution >= 0.6 is 0 Å². The normalized spacial score (nSPS) is 14.1. The molecule has 1 N–H and O–H groups in total. The van der Waals surface area contributed by atoms with Gasteiger partial charge >= 0.3 is 23.7 Å². The van der Waals surface area contributed by atoms with Crippen LogP contribution < -0.4 is 5.32 Å². The number of rotatable bonds is 15. The molecule has 0 aliphatic carbocycles. The van der Waals surface area contributed by atoms with Crippen LogP contribution in [0.2, 0.25) is 0 Å². The molecule has 0 aromatic carbocycles. The third-order valence-electron chi connectivity index (χ3n) is 4.18. The molecule has 9 heteroatoms. The summed E-state index contributed by atoms with van der Waals surface area (Å²) in [6, 6.07) is 0.